The van der Waals surface area contributed by atoms with E-state index < -0.39 is 18.4 Å². The fraction of sp³-hybridized carbons (Fsp3) is 0.432. The van der Waals surface area contributed by atoms with Gasteiger partial charge in [-0.05, 0) is 80.2 Å². The molecular formula is C37H40MgN4O6-2. The fourth-order valence-corrected chi connectivity index (χ4v) is 7.66. The quantitative estimate of drug-likeness (QED) is 0.240. The van der Waals surface area contributed by atoms with E-state index in [-0.39, 0.29) is 65.0 Å². The van der Waals surface area contributed by atoms with Crippen LogP contribution < -0.4 is 20.2 Å². The molecule has 3 atom stereocenters. The second-order valence-electron chi connectivity index (χ2n) is 13.4. The third kappa shape index (κ3) is 5.89. The Kier molecular flexibility index (Phi) is 10.0. The summed E-state index contributed by atoms with van der Waals surface area (Å²) in [5, 5.41) is 57.5. The van der Waals surface area contributed by atoms with E-state index in [0.29, 0.717) is 74.3 Å². The number of aryl methyl sites for hydroxylation is 3. The Hall–Kier alpha value is -3.48. The van der Waals surface area contributed by atoms with Gasteiger partial charge < -0.3 is 40.3 Å². The normalized spacial score (nSPS) is 17.7. The average molecular weight is 661 g/mol. The van der Waals surface area contributed by atoms with Crippen LogP contribution >= 0.6 is 0 Å². The van der Waals surface area contributed by atoms with Gasteiger partial charge in [0, 0.05) is 29.1 Å². The Bertz CT molecular complexity index is 2030. The molecule has 0 fully saturated rings. The molecule has 0 saturated heterocycles. The number of aliphatic hydroxyl groups excluding tert-OH is 2. The third-order valence-electron chi connectivity index (χ3n) is 9.77. The molecule has 3 aliphatic rings. The van der Waals surface area contributed by atoms with Gasteiger partial charge in [-0.2, -0.15) is 0 Å². The van der Waals surface area contributed by atoms with Crippen molar-refractivity contribution in [3.63, 3.8) is 0 Å². The number of carboxylic acids is 1. The Morgan fingerprint density at radius 3 is 2.25 bits per heavy atom. The Labute approximate surface area is 295 Å². The molecule has 0 radical (unpaired) electrons. The van der Waals surface area contributed by atoms with Crippen molar-refractivity contribution in [3.05, 3.63) is 68.3 Å². The number of fused-ring (bicyclic) bond motifs is 8. The number of aromatic nitrogens is 4. The Morgan fingerprint density at radius 1 is 0.979 bits per heavy atom. The van der Waals surface area contributed by atoms with Crippen LogP contribution in [0.1, 0.15) is 128 Å². The molecule has 10 nitrogen and oxygen atoms in total. The zero-order valence-electron chi connectivity index (χ0n) is 28.5. The molecule has 11 heteroatoms. The minimum absolute atomic E-state index is 0. The van der Waals surface area contributed by atoms with E-state index in [9.17, 15) is 30.3 Å². The molecule has 1 unspecified atom stereocenters. The van der Waals surface area contributed by atoms with Crippen LogP contribution in [0.15, 0.2) is 12.1 Å². The van der Waals surface area contributed by atoms with E-state index >= 15 is 0 Å². The molecule has 5 heterocycles. The second-order valence-corrected chi connectivity index (χ2v) is 13.4. The minimum atomic E-state index is -1.81. The summed E-state index contributed by atoms with van der Waals surface area (Å²) >= 11 is 0. The predicted molar refractivity (Wildman–Crippen MR) is 182 cm³/mol. The van der Waals surface area contributed by atoms with Crippen molar-refractivity contribution < 1.29 is 30.3 Å². The number of nitrogens with zero attached hydrogens (tertiary/aromatic N) is 4. The molecular weight excluding hydrogens is 621 g/mol. The maximum atomic E-state index is 13.6. The molecule has 3 N–H and O–H groups in total. The van der Waals surface area contributed by atoms with Gasteiger partial charge in [0.05, 0.1) is 23.2 Å². The Balaban J connectivity index is 0.00000451. The number of aliphatic carboxylic acids is 1. The third-order valence-corrected chi connectivity index (χ3v) is 9.77. The predicted octanol–water partition coefficient (Wildman–Crippen LogP) is 3.28. The van der Waals surface area contributed by atoms with Crippen LogP contribution in [0.25, 0.3) is 45.0 Å². The van der Waals surface area contributed by atoms with E-state index in [1.807, 2.05) is 47.6 Å². The monoisotopic (exact) mass is 660 g/mol. The molecule has 2 aliphatic heterocycles. The van der Waals surface area contributed by atoms with Gasteiger partial charge in [0.15, 0.2) is 6.29 Å². The topological polar surface area (TPSA) is 178 Å². The van der Waals surface area contributed by atoms with Crippen molar-refractivity contribution in [2.45, 2.75) is 98.4 Å². The summed E-state index contributed by atoms with van der Waals surface area (Å²) in [5.74, 6) is -1.69. The molecule has 248 valence electrons. The van der Waals surface area contributed by atoms with Gasteiger partial charge in [-0.25, -0.2) is 4.98 Å². The molecule has 8 bridgehead atoms. The number of allylic oxidation sites excluding steroid dienone is 1. The number of carbonyl (C=O) groups is 1. The minimum Gasteiger partial charge on any atom is -0.872 e. The van der Waals surface area contributed by atoms with E-state index in [2.05, 4.69) is 0 Å². The molecule has 3 aromatic rings. The number of rotatable bonds is 8. The van der Waals surface area contributed by atoms with Crippen LogP contribution in [-0.2, 0) is 11.2 Å². The number of hydrogen-bond acceptors (Lipinski definition) is 8. The first-order valence-electron chi connectivity index (χ1n) is 16.3. The first-order valence-corrected chi connectivity index (χ1v) is 16.3. The van der Waals surface area contributed by atoms with Crippen molar-refractivity contribution in [2.24, 2.45) is 5.92 Å². The van der Waals surface area contributed by atoms with Crippen LogP contribution in [0, 0.1) is 19.8 Å². The molecule has 0 aromatic carbocycles. The summed E-state index contributed by atoms with van der Waals surface area (Å²) in [6.45, 7) is 13.5. The second kappa shape index (κ2) is 13.4. The van der Waals surface area contributed by atoms with Gasteiger partial charge >= 0.3 is 23.1 Å². The first-order chi connectivity index (χ1) is 22.2. The molecule has 3 aromatic heterocycles. The van der Waals surface area contributed by atoms with Gasteiger partial charge in [-0.15, -0.1) is 27.8 Å². The van der Waals surface area contributed by atoms with Crippen molar-refractivity contribution in [3.8, 4) is 0 Å². The molecule has 0 saturated carbocycles. The number of aliphatic hydroxyl groups is 3. The summed E-state index contributed by atoms with van der Waals surface area (Å²) in [5.41, 5.74) is 9.23. The van der Waals surface area contributed by atoms with Crippen molar-refractivity contribution in [1.29, 1.82) is 0 Å². The van der Waals surface area contributed by atoms with Gasteiger partial charge in [0.1, 0.15) is 0 Å². The average Bonchev–Trinajstić information content (AvgIpc) is 3.75. The van der Waals surface area contributed by atoms with Gasteiger partial charge in [0.25, 0.3) is 0 Å². The van der Waals surface area contributed by atoms with Crippen LogP contribution in [-0.4, -0.2) is 60.6 Å². The first kappa shape index (κ1) is 35.8. The zero-order valence-corrected chi connectivity index (χ0v) is 29.9. The van der Waals surface area contributed by atoms with Crippen LogP contribution in [0.2, 0.25) is 0 Å². The Morgan fingerprint density at radius 2 is 1.65 bits per heavy atom. The summed E-state index contributed by atoms with van der Waals surface area (Å²) < 4.78 is 0. The van der Waals surface area contributed by atoms with Gasteiger partial charge in [-0.3, -0.25) is 4.98 Å². The number of hydrogen-bond donors (Lipinski definition) is 3. The number of carboxylic acid groups (broad SMARTS) is 1. The van der Waals surface area contributed by atoms with Crippen LogP contribution in [0.4, 0.5) is 0 Å². The van der Waals surface area contributed by atoms with Crippen molar-refractivity contribution in [2.75, 3.05) is 0 Å². The summed E-state index contributed by atoms with van der Waals surface area (Å²) in [6, 6.07) is 3.50. The molecule has 48 heavy (non-hydrogen) atoms. The van der Waals surface area contributed by atoms with E-state index in [0.717, 1.165) is 22.4 Å². The molecule has 0 spiro atoms. The van der Waals surface area contributed by atoms with Gasteiger partial charge in [0.2, 0.25) is 0 Å². The number of carbonyl (C=O) groups excluding carboxylic acids is 1. The molecule has 1 aliphatic carbocycles. The standard InChI is InChI=1S/C37H43N4O6.Mg/c1-8-20-24-13-25-22(11-15(2)3)31(37(46)47)27(38-25)14-26-30(19(7)42)17(5)34(40-26)18(6)33-16(4)21(9-10-29(44)45)35(41-33)23-12-28(43)32(20)36(23)39-24;/h12-16,19,21,37,42,46-47H,8-11H2,1-7H3,(H3-,38,39,40,41,43,44,45);/q-1;+2/p-3/t16-,19?,21-;/m0./s1. The van der Waals surface area contributed by atoms with E-state index in [1.54, 1.807) is 19.1 Å². The van der Waals surface area contributed by atoms with Crippen molar-refractivity contribution >= 4 is 74.1 Å². The summed E-state index contributed by atoms with van der Waals surface area (Å²) in [4.78, 5) is 31.6. The van der Waals surface area contributed by atoms with Crippen LogP contribution in [0.5, 0.6) is 0 Å². The molecule has 0 amide bonds. The maximum absolute atomic E-state index is 13.6. The molecule has 6 rings (SSSR count). The zero-order chi connectivity index (χ0) is 34.1. The van der Waals surface area contributed by atoms with E-state index in [1.165, 1.54) is 0 Å². The van der Waals surface area contributed by atoms with Crippen molar-refractivity contribution in [1.82, 2.24) is 19.9 Å². The van der Waals surface area contributed by atoms with E-state index in [4.69, 9.17) is 19.9 Å². The smallest absolute Gasteiger partial charge is 0.872 e. The fourth-order valence-electron chi connectivity index (χ4n) is 7.66. The van der Waals surface area contributed by atoms with Gasteiger partial charge in [-0.1, -0.05) is 57.0 Å². The summed E-state index contributed by atoms with van der Waals surface area (Å²) in [7, 11) is 0. The summed E-state index contributed by atoms with van der Waals surface area (Å²) in [6.07, 6.45) is 0.00322. The largest absolute Gasteiger partial charge is 2.00 e. The maximum Gasteiger partial charge on any atom is 2.00 e. The van der Waals surface area contributed by atoms with Crippen LogP contribution in [0.3, 0.4) is 0 Å². The SMILES string of the molecule is CCc1c2c3[n-]c1cc1nc(cc4[n-]c(c(C)c5nc(c3C=C2[O-])[C@@H](CCC(=O)[O-])[C@@H]5C)c(C)c4C(C)O)C(C(O)O)=C1CC(C)C.[Mg+2].